The van der Waals surface area contributed by atoms with Gasteiger partial charge in [-0.15, -0.1) is 0 Å². The van der Waals surface area contributed by atoms with Crippen molar-refractivity contribution in [3.63, 3.8) is 0 Å². The summed E-state index contributed by atoms with van der Waals surface area (Å²) in [5, 5.41) is 12.8. The van der Waals surface area contributed by atoms with Crippen LogP contribution in [0.2, 0.25) is 0 Å². The number of carbonyl (C=O) groups excluding carboxylic acids is 1. The number of hydrogen-bond acceptors (Lipinski definition) is 5. The van der Waals surface area contributed by atoms with Crippen LogP contribution in [0.4, 0.5) is 0 Å². The zero-order valence-electron chi connectivity index (χ0n) is 16.5. The van der Waals surface area contributed by atoms with E-state index in [1.165, 1.54) is 0 Å². The van der Waals surface area contributed by atoms with Gasteiger partial charge in [0.1, 0.15) is 5.75 Å². The van der Waals surface area contributed by atoms with Crippen molar-refractivity contribution in [2.45, 2.75) is 12.8 Å². The van der Waals surface area contributed by atoms with Crippen LogP contribution >= 0.6 is 0 Å². The van der Waals surface area contributed by atoms with Gasteiger partial charge < -0.3 is 24.2 Å². The number of nitrogens with zero attached hydrogens (tertiary/aromatic N) is 1. The first-order valence-corrected chi connectivity index (χ1v) is 9.91. The maximum absolute atomic E-state index is 13.4. The van der Waals surface area contributed by atoms with E-state index in [1.807, 2.05) is 36.4 Å². The second kappa shape index (κ2) is 7.09. The molecule has 1 saturated heterocycles. The van der Waals surface area contributed by atoms with E-state index in [-0.39, 0.29) is 18.6 Å². The molecule has 0 spiro atoms. The minimum absolute atomic E-state index is 0.0893. The topological polar surface area (TPSA) is 85.3 Å². The van der Waals surface area contributed by atoms with Gasteiger partial charge in [0.15, 0.2) is 11.5 Å². The first-order chi connectivity index (χ1) is 14.5. The van der Waals surface area contributed by atoms with Crippen molar-refractivity contribution in [2.75, 3.05) is 27.0 Å². The van der Waals surface area contributed by atoms with E-state index >= 15 is 0 Å². The van der Waals surface area contributed by atoms with Gasteiger partial charge in [0, 0.05) is 18.7 Å². The lowest BCUT2D eigenvalue weighted by atomic mass is 9.93. The summed E-state index contributed by atoms with van der Waals surface area (Å²) >= 11 is 0. The van der Waals surface area contributed by atoms with Gasteiger partial charge in [-0.05, 0) is 70.8 Å². The van der Waals surface area contributed by atoms with Crippen molar-refractivity contribution in [3.8, 4) is 17.2 Å². The molecule has 3 aromatic carbocycles. The Morgan fingerprint density at radius 3 is 2.43 bits per heavy atom. The fourth-order valence-electron chi connectivity index (χ4n) is 4.33. The molecule has 1 fully saturated rings. The number of methoxy groups -OCH3 is 1. The van der Waals surface area contributed by atoms with Gasteiger partial charge in [0.25, 0.3) is 5.91 Å². The first-order valence-electron chi connectivity index (χ1n) is 9.91. The zero-order chi connectivity index (χ0) is 20.8. The highest BCUT2D eigenvalue weighted by Crippen LogP contribution is 2.40. The molecule has 0 bridgehead atoms. The van der Waals surface area contributed by atoms with E-state index < -0.39 is 5.97 Å². The number of ether oxygens (including phenoxy) is 3. The monoisotopic (exact) mass is 407 g/mol. The quantitative estimate of drug-likeness (QED) is 0.667. The molecule has 3 aromatic rings. The molecule has 1 amide bonds. The van der Waals surface area contributed by atoms with Gasteiger partial charge in [-0.2, -0.15) is 0 Å². The Bertz CT molecular complexity index is 1180. The maximum Gasteiger partial charge on any atom is 0.306 e. The predicted octanol–water partition coefficient (Wildman–Crippen LogP) is 3.67. The molecule has 2 heterocycles. The normalized spacial score (nSPS) is 16.2. The number of fused-ring (bicyclic) bond motifs is 4. The lowest BCUT2D eigenvalue weighted by molar-refractivity contribution is -0.143. The SMILES string of the molecule is COc1ccc2c(C(=O)N3CCC(C(=O)O)CC3)cc3cc4c(cc3c2c1)OCO4. The number of rotatable bonds is 3. The van der Waals surface area contributed by atoms with Crippen molar-refractivity contribution in [2.24, 2.45) is 5.92 Å². The first kappa shape index (κ1) is 18.5. The Labute approximate surface area is 172 Å². The van der Waals surface area contributed by atoms with Crippen LogP contribution in [0.15, 0.2) is 36.4 Å². The van der Waals surface area contributed by atoms with Crippen molar-refractivity contribution in [3.05, 3.63) is 42.0 Å². The molecule has 154 valence electrons. The maximum atomic E-state index is 13.4. The molecule has 1 N–H and O–H groups in total. The van der Waals surface area contributed by atoms with Gasteiger partial charge in [-0.3, -0.25) is 9.59 Å². The third-order valence-corrected chi connectivity index (χ3v) is 6.01. The molecule has 5 rings (SSSR count). The standard InChI is InChI=1S/C23H21NO6/c1-28-15-2-3-16-18(10-15)17-11-21-20(29-12-30-21)9-14(17)8-19(16)22(25)24-6-4-13(5-7-24)23(26)27/h2-3,8-11,13H,4-7,12H2,1H3,(H,26,27). The molecule has 0 unspecified atom stereocenters. The van der Waals surface area contributed by atoms with Gasteiger partial charge in [-0.25, -0.2) is 0 Å². The van der Waals surface area contributed by atoms with Gasteiger partial charge in [0.2, 0.25) is 6.79 Å². The molecule has 2 aliphatic heterocycles. The third-order valence-electron chi connectivity index (χ3n) is 6.01. The minimum atomic E-state index is -0.790. The van der Waals surface area contributed by atoms with E-state index in [4.69, 9.17) is 14.2 Å². The molecule has 0 atom stereocenters. The Morgan fingerprint density at radius 1 is 1.00 bits per heavy atom. The highest BCUT2D eigenvalue weighted by Gasteiger charge is 2.29. The van der Waals surface area contributed by atoms with E-state index in [0.717, 1.165) is 21.5 Å². The molecule has 7 nitrogen and oxygen atoms in total. The average Bonchev–Trinajstić information content (AvgIpc) is 3.23. The molecular formula is C23H21NO6. The number of aliphatic carboxylic acids is 1. The smallest absolute Gasteiger partial charge is 0.306 e. The van der Waals surface area contributed by atoms with E-state index in [9.17, 15) is 14.7 Å². The fourth-order valence-corrected chi connectivity index (χ4v) is 4.33. The van der Waals surface area contributed by atoms with Gasteiger partial charge in [0.05, 0.1) is 13.0 Å². The number of amides is 1. The lowest BCUT2D eigenvalue weighted by Gasteiger charge is -2.30. The molecule has 0 saturated carbocycles. The molecule has 0 radical (unpaired) electrons. The number of hydrogen-bond donors (Lipinski definition) is 1. The van der Waals surface area contributed by atoms with Crippen molar-refractivity contribution in [1.29, 1.82) is 0 Å². The molecule has 0 aromatic heterocycles. The van der Waals surface area contributed by atoms with E-state index in [1.54, 1.807) is 12.0 Å². The summed E-state index contributed by atoms with van der Waals surface area (Å²) in [5.41, 5.74) is 0.591. The highest BCUT2D eigenvalue weighted by atomic mass is 16.7. The van der Waals surface area contributed by atoms with Crippen LogP contribution in [0.3, 0.4) is 0 Å². The number of carboxylic acids is 1. The summed E-state index contributed by atoms with van der Waals surface area (Å²) in [6, 6.07) is 11.4. The molecular weight excluding hydrogens is 386 g/mol. The molecule has 2 aliphatic rings. The van der Waals surface area contributed by atoms with Crippen LogP contribution in [-0.4, -0.2) is 48.9 Å². The Hall–Kier alpha value is -3.48. The Balaban J connectivity index is 1.63. The number of carboxylic acid groups (broad SMARTS) is 1. The minimum Gasteiger partial charge on any atom is -0.497 e. The van der Waals surface area contributed by atoms with Crippen LogP contribution in [-0.2, 0) is 4.79 Å². The van der Waals surface area contributed by atoms with E-state index in [0.29, 0.717) is 48.7 Å². The summed E-state index contributed by atoms with van der Waals surface area (Å²) in [4.78, 5) is 26.4. The van der Waals surface area contributed by atoms with Crippen molar-refractivity contribution in [1.82, 2.24) is 4.90 Å². The number of piperidine rings is 1. The fraction of sp³-hybridized carbons (Fsp3) is 0.304. The highest BCUT2D eigenvalue weighted by molar-refractivity contribution is 6.18. The average molecular weight is 407 g/mol. The van der Waals surface area contributed by atoms with Gasteiger partial charge in [-0.1, -0.05) is 0 Å². The lowest BCUT2D eigenvalue weighted by Crippen LogP contribution is -2.40. The summed E-state index contributed by atoms with van der Waals surface area (Å²) in [6.07, 6.45) is 0.943. The van der Waals surface area contributed by atoms with Crippen molar-refractivity contribution >= 4 is 33.4 Å². The van der Waals surface area contributed by atoms with Crippen LogP contribution in [0, 0.1) is 5.92 Å². The van der Waals surface area contributed by atoms with Crippen LogP contribution in [0.5, 0.6) is 17.2 Å². The van der Waals surface area contributed by atoms with Crippen molar-refractivity contribution < 1.29 is 28.9 Å². The van der Waals surface area contributed by atoms with Crippen LogP contribution < -0.4 is 14.2 Å². The molecule has 7 heteroatoms. The largest absolute Gasteiger partial charge is 0.497 e. The predicted molar refractivity (Wildman–Crippen MR) is 110 cm³/mol. The summed E-state index contributed by atoms with van der Waals surface area (Å²) < 4.78 is 16.5. The second-order valence-electron chi connectivity index (χ2n) is 7.67. The molecule has 30 heavy (non-hydrogen) atoms. The van der Waals surface area contributed by atoms with Gasteiger partial charge >= 0.3 is 5.97 Å². The zero-order valence-corrected chi connectivity index (χ0v) is 16.5. The van der Waals surface area contributed by atoms with Crippen LogP contribution in [0.25, 0.3) is 21.5 Å². The summed E-state index contributed by atoms with van der Waals surface area (Å²) in [5.74, 6) is 0.779. The number of likely N-dealkylation sites (tertiary alicyclic amines) is 1. The number of carbonyl (C=O) groups is 2. The summed E-state index contributed by atoms with van der Waals surface area (Å²) in [6.45, 7) is 1.05. The number of benzene rings is 3. The summed E-state index contributed by atoms with van der Waals surface area (Å²) in [7, 11) is 1.61. The molecule has 0 aliphatic carbocycles. The van der Waals surface area contributed by atoms with Crippen LogP contribution in [0.1, 0.15) is 23.2 Å². The second-order valence-corrected chi connectivity index (χ2v) is 7.67. The van der Waals surface area contributed by atoms with E-state index in [2.05, 4.69) is 0 Å². The Morgan fingerprint density at radius 2 is 1.73 bits per heavy atom. The Kier molecular flexibility index (Phi) is 4.38. The third kappa shape index (κ3) is 2.98.